The Balaban J connectivity index is 2.72. The van der Waals surface area contributed by atoms with Crippen LogP contribution in [0.1, 0.15) is 18.9 Å². The number of benzene rings is 1. The van der Waals surface area contributed by atoms with Gasteiger partial charge in [0.15, 0.2) is 5.78 Å². The third kappa shape index (κ3) is 3.56. The van der Waals surface area contributed by atoms with Crippen molar-refractivity contribution in [2.45, 2.75) is 19.5 Å². The van der Waals surface area contributed by atoms with Crippen molar-refractivity contribution < 1.29 is 18.0 Å². The highest BCUT2D eigenvalue weighted by Gasteiger charge is 2.30. The number of halogens is 3. The van der Waals surface area contributed by atoms with Crippen molar-refractivity contribution in [2.24, 2.45) is 0 Å². The summed E-state index contributed by atoms with van der Waals surface area (Å²) in [4.78, 5) is 11.0. The van der Waals surface area contributed by atoms with Gasteiger partial charge in [-0.2, -0.15) is 13.2 Å². The third-order valence-corrected chi connectivity index (χ3v) is 2.07. The van der Waals surface area contributed by atoms with Gasteiger partial charge in [0, 0.05) is 12.1 Å². The summed E-state index contributed by atoms with van der Waals surface area (Å²) in [6.45, 7) is 1.76. The van der Waals surface area contributed by atoms with Gasteiger partial charge < -0.3 is 5.32 Å². The van der Waals surface area contributed by atoms with Gasteiger partial charge in [-0.25, -0.2) is 0 Å². The lowest BCUT2D eigenvalue weighted by atomic mass is 10.2. The van der Waals surface area contributed by atoms with E-state index in [9.17, 15) is 18.0 Å². The molecule has 0 amide bonds. The second-order valence-electron chi connectivity index (χ2n) is 3.32. The van der Waals surface area contributed by atoms with Crippen LogP contribution < -0.4 is 5.32 Å². The second-order valence-corrected chi connectivity index (χ2v) is 3.32. The monoisotopic (exact) mass is 231 g/mol. The fourth-order valence-electron chi connectivity index (χ4n) is 1.13. The Labute approximate surface area is 91.5 Å². The minimum absolute atomic E-state index is 0.0441. The highest BCUT2D eigenvalue weighted by Crippen LogP contribution is 2.30. The van der Waals surface area contributed by atoms with E-state index in [1.807, 2.05) is 0 Å². The predicted molar refractivity (Wildman–Crippen MR) is 55.2 cm³/mol. The van der Waals surface area contributed by atoms with E-state index in [1.165, 1.54) is 12.1 Å². The van der Waals surface area contributed by atoms with E-state index in [1.54, 1.807) is 6.92 Å². The largest absolute Gasteiger partial charge is 0.416 e. The normalized spacial score (nSPS) is 11.2. The van der Waals surface area contributed by atoms with Crippen LogP contribution in [0, 0.1) is 0 Å². The molecule has 0 heterocycles. The summed E-state index contributed by atoms with van der Waals surface area (Å²) in [6.07, 6.45) is -3.99. The molecule has 0 bridgehead atoms. The first kappa shape index (κ1) is 12.5. The zero-order valence-electron chi connectivity index (χ0n) is 8.77. The van der Waals surface area contributed by atoms with E-state index in [0.29, 0.717) is 12.1 Å². The van der Waals surface area contributed by atoms with Crippen molar-refractivity contribution in [3.05, 3.63) is 29.8 Å². The Morgan fingerprint density at radius 2 is 2.06 bits per heavy atom. The summed E-state index contributed by atoms with van der Waals surface area (Å²) in [7, 11) is 0. The second kappa shape index (κ2) is 5.01. The van der Waals surface area contributed by atoms with Gasteiger partial charge in [0.25, 0.3) is 0 Å². The zero-order valence-corrected chi connectivity index (χ0v) is 8.77. The average molecular weight is 231 g/mol. The topological polar surface area (TPSA) is 29.1 Å². The molecule has 5 heteroatoms. The standard InChI is InChI=1S/C11H12F3NO/c1-2-10(16)7-15-9-5-3-4-8(6-9)11(12,13)14/h3-6,15H,2,7H2,1H3. The lowest BCUT2D eigenvalue weighted by molar-refractivity contribution is -0.137. The number of anilines is 1. The number of rotatable bonds is 4. The molecule has 0 saturated carbocycles. The summed E-state index contributed by atoms with van der Waals surface area (Å²) in [5.41, 5.74) is -0.418. The first-order valence-corrected chi connectivity index (χ1v) is 4.86. The minimum atomic E-state index is -4.35. The highest BCUT2D eigenvalue weighted by molar-refractivity contribution is 5.82. The molecule has 1 N–H and O–H groups in total. The molecule has 0 saturated heterocycles. The third-order valence-electron chi connectivity index (χ3n) is 2.07. The van der Waals surface area contributed by atoms with Crippen LogP contribution in [0.2, 0.25) is 0 Å². The number of Topliss-reactive ketones (excluding diaryl/α,β-unsaturated/α-hetero) is 1. The minimum Gasteiger partial charge on any atom is -0.378 e. The first-order chi connectivity index (χ1) is 7.43. The molecule has 0 unspecified atom stereocenters. The van der Waals surface area contributed by atoms with Crippen molar-refractivity contribution in [3.8, 4) is 0 Å². The molecule has 1 aromatic rings. The summed E-state index contributed by atoms with van der Waals surface area (Å²) in [5.74, 6) is -0.0441. The van der Waals surface area contributed by atoms with Gasteiger partial charge in [-0.1, -0.05) is 13.0 Å². The highest BCUT2D eigenvalue weighted by atomic mass is 19.4. The molecule has 0 spiro atoms. The fourth-order valence-corrected chi connectivity index (χ4v) is 1.13. The Bertz CT molecular complexity index is 374. The van der Waals surface area contributed by atoms with Crippen LogP contribution in [0.5, 0.6) is 0 Å². The summed E-state index contributed by atoms with van der Waals surface area (Å²) >= 11 is 0. The van der Waals surface area contributed by atoms with E-state index >= 15 is 0 Å². The molecule has 1 aromatic carbocycles. The van der Waals surface area contributed by atoms with Crippen molar-refractivity contribution in [1.29, 1.82) is 0 Å². The average Bonchev–Trinajstić information content (AvgIpc) is 2.25. The maximum atomic E-state index is 12.3. The van der Waals surface area contributed by atoms with Crippen molar-refractivity contribution >= 4 is 11.5 Å². The number of carbonyl (C=O) groups excluding carboxylic acids is 1. The van der Waals surface area contributed by atoms with Gasteiger partial charge in [0.1, 0.15) is 0 Å². The van der Waals surface area contributed by atoms with Gasteiger partial charge >= 0.3 is 6.18 Å². The maximum absolute atomic E-state index is 12.3. The van der Waals surface area contributed by atoms with E-state index in [4.69, 9.17) is 0 Å². The van der Waals surface area contributed by atoms with E-state index in [-0.39, 0.29) is 12.3 Å². The lowest BCUT2D eigenvalue weighted by Gasteiger charge is -2.09. The number of alkyl halides is 3. The number of carbonyl (C=O) groups is 1. The van der Waals surface area contributed by atoms with Gasteiger partial charge in [0.2, 0.25) is 0 Å². The Morgan fingerprint density at radius 1 is 1.38 bits per heavy atom. The van der Waals surface area contributed by atoms with Gasteiger partial charge in [-0.05, 0) is 18.2 Å². The Hall–Kier alpha value is -1.52. The van der Waals surface area contributed by atoms with E-state index in [0.717, 1.165) is 12.1 Å². The molecular weight excluding hydrogens is 219 g/mol. The number of hydrogen-bond donors (Lipinski definition) is 1. The quantitative estimate of drug-likeness (QED) is 0.862. The van der Waals surface area contributed by atoms with Gasteiger partial charge in [-0.15, -0.1) is 0 Å². The SMILES string of the molecule is CCC(=O)CNc1cccc(C(F)(F)F)c1. The van der Waals surface area contributed by atoms with Gasteiger partial charge in [0.05, 0.1) is 12.1 Å². The first-order valence-electron chi connectivity index (χ1n) is 4.86. The molecule has 0 aliphatic heterocycles. The van der Waals surface area contributed by atoms with Crippen LogP contribution in [0.4, 0.5) is 18.9 Å². The van der Waals surface area contributed by atoms with Crippen molar-refractivity contribution in [1.82, 2.24) is 0 Å². The number of ketones is 1. The molecular formula is C11H12F3NO. The van der Waals surface area contributed by atoms with Gasteiger partial charge in [-0.3, -0.25) is 4.79 Å². The molecule has 1 rings (SSSR count). The number of hydrogen-bond acceptors (Lipinski definition) is 2. The van der Waals surface area contributed by atoms with E-state index in [2.05, 4.69) is 5.32 Å². The van der Waals surface area contributed by atoms with Crippen LogP contribution >= 0.6 is 0 Å². The van der Waals surface area contributed by atoms with Crippen molar-refractivity contribution in [2.75, 3.05) is 11.9 Å². The summed E-state index contributed by atoms with van der Waals surface area (Å²) < 4.78 is 37.0. The van der Waals surface area contributed by atoms with Crippen molar-refractivity contribution in [3.63, 3.8) is 0 Å². The Kier molecular flexibility index (Phi) is 3.93. The molecule has 2 nitrogen and oxygen atoms in total. The molecule has 0 atom stereocenters. The Morgan fingerprint density at radius 3 is 2.62 bits per heavy atom. The van der Waals surface area contributed by atoms with Crippen LogP contribution in [0.3, 0.4) is 0 Å². The molecule has 0 aliphatic rings. The van der Waals surface area contributed by atoms with Crippen LogP contribution in [0.15, 0.2) is 24.3 Å². The predicted octanol–water partition coefficient (Wildman–Crippen LogP) is 3.10. The molecule has 0 aromatic heterocycles. The molecule has 0 aliphatic carbocycles. The lowest BCUT2D eigenvalue weighted by Crippen LogP contribution is -2.13. The molecule has 0 radical (unpaired) electrons. The summed E-state index contributed by atoms with van der Waals surface area (Å²) in [6, 6.07) is 4.79. The van der Waals surface area contributed by atoms with Crippen LogP contribution in [-0.2, 0) is 11.0 Å². The molecule has 16 heavy (non-hydrogen) atoms. The van der Waals surface area contributed by atoms with Crippen LogP contribution in [0.25, 0.3) is 0 Å². The molecule has 88 valence electrons. The zero-order chi connectivity index (χ0) is 12.2. The van der Waals surface area contributed by atoms with E-state index < -0.39 is 11.7 Å². The number of nitrogens with one attached hydrogen (secondary N) is 1. The smallest absolute Gasteiger partial charge is 0.378 e. The maximum Gasteiger partial charge on any atom is 0.416 e. The molecule has 0 fully saturated rings. The fraction of sp³-hybridized carbons (Fsp3) is 0.364. The van der Waals surface area contributed by atoms with Crippen LogP contribution in [-0.4, -0.2) is 12.3 Å². The summed E-state index contributed by atoms with van der Waals surface area (Å²) in [5, 5.41) is 2.66.